The number of hydrogen-bond acceptors (Lipinski definition) is 2. The molecule has 17 heavy (non-hydrogen) atoms. The minimum absolute atomic E-state index is 0.0164. The van der Waals surface area contributed by atoms with Gasteiger partial charge in [-0.15, -0.1) is 0 Å². The Kier molecular flexibility index (Phi) is 5.67. The minimum Gasteiger partial charge on any atom is -0.400 e. The molecular weight excluding hydrogens is 208 g/mol. The van der Waals surface area contributed by atoms with Crippen molar-refractivity contribution >= 4 is 6.21 Å². The molecule has 2 heteroatoms. The predicted octanol–water partition coefficient (Wildman–Crippen LogP) is 4.29. The maximum absolute atomic E-state index is 5.93. The van der Waals surface area contributed by atoms with Crippen LogP contribution in [0.3, 0.4) is 0 Å². The number of allylic oxidation sites excluding steroid dienone is 3. The zero-order valence-electron chi connectivity index (χ0n) is 12.5. The number of nitrogens with two attached hydrogens (primary N) is 1. The zero-order chi connectivity index (χ0) is 13.7. The van der Waals surface area contributed by atoms with Crippen LogP contribution in [0.2, 0.25) is 0 Å². The lowest BCUT2D eigenvalue weighted by molar-refractivity contribution is 0.415. The lowest BCUT2D eigenvalue weighted by atomic mass is 9.88. The maximum Gasteiger partial charge on any atom is 0.0460 e. The fraction of sp³-hybridized carbons (Fsp3) is 0.667. The van der Waals surface area contributed by atoms with Crippen molar-refractivity contribution in [3.8, 4) is 0 Å². The molecule has 0 heterocycles. The van der Waals surface area contributed by atoms with Gasteiger partial charge in [-0.2, -0.15) is 0 Å². The summed E-state index contributed by atoms with van der Waals surface area (Å²) in [5.41, 5.74) is 8.25. The Balaban J connectivity index is 4.62. The molecule has 2 N–H and O–H groups in total. The molecule has 0 aliphatic rings. The Labute approximate surface area is 107 Å². The van der Waals surface area contributed by atoms with Crippen LogP contribution in [0.5, 0.6) is 0 Å². The summed E-state index contributed by atoms with van der Waals surface area (Å²) in [6, 6.07) is 0. The molecule has 0 aliphatic carbocycles. The number of nitrogens with zero attached hydrogens (tertiary/aromatic N) is 1. The average molecular weight is 236 g/mol. The van der Waals surface area contributed by atoms with Gasteiger partial charge in [-0.05, 0) is 24.3 Å². The summed E-state index contributed by atoms with van der Waals surface area (Å²) in [6.07, 6.45) is 6.79. The van der Waals surface area contributed by atoms with Crippen LogP contribution >= 0.6 is 0 Å². The van der Waals surface area contributed by atoms with Gasteiger partial charge in [-0.3, -0.25) is 4.99 Å². The molecule has 0 aromatic heterocycles. The molecule has 0 unspecified atom stereocenters. The summed E-state index contributed by atoms with van der Waals surface area (Å²) >= 11 is 0. The molecule has 0 aromatic carbocycles. The molecule has 98 valence electrons. The predicted molar refractivity (Wildman–Crippen MR) is 78.0 cm³/mol. The van der Waals surface area contributed by atoms with Gasteiger partial charge in [0.25, 0.3) is 0 Å². The van der Waals surface area contributed by atoms with Gasteiger partial charge >= 0.3 is 0 Å². The van der Waals surface area contributed by atoms with Gasteiger partial charge in [0.2, 0.25) is 0 Å². The lowest BCUT2D eigenvalue weighted by Crippen LogP contribution is -2.16. The fourth-order valence-electron chi connectivity index (χ4n) is 1.24. The molecule has 0 spiro atoms. The average Bonchev–Trinajstić information content (AvgIpc) is 2.12. The smallest absolute Gasteiger partial charge is 0.0460 e. The van der Waals surface area contributed by atoms with Crippen molar-refractivity contribution in [1.82, 2.24) is 0 Å². The second-order valence-electron chi connectivity index (χ2n) is 6.71. The summed E-state index contributed by atoms with van der Waals surface area (Å²) in [4.78, 5) is 4.31. The first-order chi connectivity index (χ1) is 7.56. The van der Waals surface area contributed by atoms with E-state index in [2.05, 4.69) is 52.6 Å². The van der Waals surface area contributed by atoms with Gasteiger partial charge < -0.3 is 5.73 Å². The second-order valence-corrected chi connectivity index (χ2v) is 6.71. The highest BCUT2D eigenvalue weighted by atomic mass is 14.7. The Bertz CT molecular complexity index is 320. The minimum atomic E-state index is -0.0164. The van der Waals surface area contributed by atoms with E-state index in [0.29, 0.717) is 0 Å². The van der Waals surface area contributed by atoms with Gasteiger partial charge in [-0.1, -0.05) is 47.6 Å². The fourth-order valence-corrected chi connectivity index (χ4v) is 1.24. The zero-order valence-corrected chi connectivity index (χ0v) is 12.5. The van der Waals surface area contributed by atoms with Crippen molar-refractivity contribution in [1.29, 1.82) is 0 Å². The van der Waals surface area contributed by atoms with E-state index in [1.165, 1.54) is 5.57 Å². The lowest BCUT2D eigenvalue weighted by Gasteiger charge is -2.18. The molecule has 0 fully saturated rings. The highest BCUT2D eigenvalue weighted by Crippen LogP contribution is 2.23. The first-order valence-corrected chi connectivity index (χ1v) is 6.21. The molecule has 0 aromatic rings. The summed E-state index contributed by atoms with van der Waals surface area (Å²) < 4.78 is 0. The van der Waals surface area contributed by atoms with Gasteiger partial charge in [0.05, 0.1) is 0 Å². The second kappa shape index (κ2) is 6.04. The molecule has 0 bridgehead atoms. The quantitative estimate of drug-likeness (QED) is 0.729. The van der Waals surface area contributed by atoms with Crippen molar-refractivity contribution in [3.63, 3.8) is 0 Å². The van der Waals surface area contributed by atoms with E-state index in [1.807, 2.05) is 13.1 Å². The van der Waals surface area contributed by atoms with E-state index in [0.717, 1.165) is 12.1 Å². The molecular formula is C15H28N2. The van der Waals surface area contributed by atoms with Gasteiger partial charge in [0.15, 0.2) is 0 Å². The first-order valence-electron chi connectivity index (χ1n) is 6.21. The van der Waals surface area contributed by atoms with E-state index in [4.69, 9.17) is 5.73 Å². The molecule has 0 aliphatic heterocycles. The molecule has 0 amide bonds. The van der Waals surface area contributed by atoms with Crippen molar-refractivity contribution in [2.45, 2.75) is 54.9 Å². The van der Waals surface area contributed by atoms with Crippen LogP contribution in [-0.2, 0) is 0 Å². The summed E-state index contributed by atoms with van der Waals surface area (Å²) in [7, 11) is 0. The molecule has 0 saturated carbocycles. The number of aliphatic imine (C=N–C) groups is 1. The summed E-state index contributed by atoms with van der Waals surface area (Å²) in [6.45, 7) is 15.0. The standard InChI is InChI=1S/C15H28N2/c1-8-12(9-14(2,3)4)10-17-11-13(16)15(5,6)7/h8,10-11H,9,16H2,1-7H3/b12-8-,13-11-,17-10-. The Morgan fingerprint density at radius 1 is 1.12 bits per heavy atom. The van der Waals surface area contributed by atoms with Crippen LogP contribution in [0.25, 0.3) is 0 Å². The van der Waals surface area contributed by atoms with E-state index in [-0.39, 0.29) is 10.8 Å². The van der Waals surface area contributed by atoms with Crippen LogP contribution in [0.4, 0.5) is 0 Å². The largest absolute Gasteiger partial charge is 0.400 e. The van der Waals surface area contributed by atoms with E-state index in [1.54, 1.807) is 6.20 Å². The van der Waals surface area contributed by atoms with Crippen molar-refractivity contribution in [2.24, 2.45) is 21.6 Å². The van der Waals surface area contributed by atoms with Crippen LogP contribution in [0, 0.1) is 10.8 Å². The van der Waals surface area contributed by atoms with Crippen molar-refractivity contribution < 1.29 is 0 Å². The third-order valence-electron chi connectivity index (χ3n) is 2.43. The summed E-state index contributed by atoms with van der Waals surface area (Å²) in [5, 5.41) is 0. The van der Waals surface area contributed by atoms with Gasteiger partial charge in [0.1, 0.15) is 0 Å². The Morgan fingerprint density at radius 2 is 1.65 bits per heavy atom. The topological polar surface area (TPSA) is 38.4 Å². The third kappa shape index (κ3) is 7.78. The number of rotatable bonds is 3. The van der Waals surface area contributed by atoms with Gasteiger partial charge in [0, 0.05) is 23.5 Å². The van der Waals surface area contributed by atoms with Crippen LogP contribution in [-0.4, -0.2) is 6.21 Å². The van der Waals surface area contributed by atoms with Crippen molar-refractivity contribution in [2.75, 3.05) is 0 Å². The van der Waals surface area contributed by atoms with E-state index < -0.39 is 0 Å². The molecule has 0 rings (SSSR count). The first kappa shape index (κ1) is 16.0. The SMILES string of the molecule is C\C=C(/C=N\C=C(/N)C(C)(C)C)CC(C)(C)C. The highest BCUT2D eigenvalue weighted by molar-refractivity contribution is 5.79. The Morgan fingerprint density at radius 3 is 2.00 bits per heavy atom. The van der Waals surface area contributed by atoms with Crippen LogP contribution in [0.15, 0.2) is 28.5 Å². The number of hydrogen-bond donors (Lipinski definition) is 1. The van der Waals surface area contributed by atoms with Crippen molar-refractivity contribution in [3.05, 3.63) is 23.5 Å². The summed E-state index contributed by atoms with van der Waals surface area (Å²) in [5.74, 6) is 0. The third-order valence-corrected chi connectivity index (χ3v) is 2.43. The normalized spacial score (nSPS) is 15.7. The van der Waals surface area contributed by atoms with E-state index >= 15 is 0 Å². The molecule has 0 saturated heterocycles. The van der Waals surface area contributed by atoms with Gasteiger partial charge in [-0.25, -0.2) is 0 Å². The monoisotopic (exact) mass is 236 g/mol. The van der Waals surface area contributed by atoms with Crippen LogP contribution < -0.4 is 5.73 Å². The van der Waals surface area contributed by atoms with E-state index in [9.17, 15) is 0 Å². The molecule has 0 atom stereocenters. The Hall–Kier alpha value is -1.05. The molecule has 2 nitrogen and oxygen atoms in total. The molecule has 0 radical (unpaired) electrons. The highest BCUT2D eigenvalue weighted by Gasteiger charge is 2.13. The van der Waals surface area contributed by atoms with Crippen LogP contribution in [0.1, 0.15) is 54.9 Å². The maximum atomic E-state index is 5.93.